The topological polar surface area (TPSA) is 52.6 Å². The number of halogens is 2. The van der Waals surface area contributed by atoms with Gasteiger partial charge in [-0.25, -0.2) is 0 Å². The Morgan fingerprint density at radius 3 is 2.08 bits per heavy atom. The number of rotatable bonds is 5. The van der Waals surface area contributed by atoms with Gasteiger partial charge in [-0.2, -0.15) is 8.78 Å². The van der Waals surface area contributed by atoms with E-state index in [9.17, 15) is 18.4 Å². The Morgan fingerprint density at radius 1 is 1.08 bits per heavy atom. The maximum absolute atomic E-state index is 13.2. The molecule has 24 heavy (non-hydrogen) atoms. The monoisotopic (exact) mass is 338 g/mol. The van der Waals surface area contributed by atoms with Crippen LogP contribution in [0.15, 0.2) is 42.0 Å². The van der Waals surface area contributed by atoms with Crippen molar-refractivity contribution in [3.63, 3.8) is 0 Å². The summed E-state index contributed by atoms with van der Waals surface area (Å²) in [6.07, 6.45) is -2.32. The van der Waals surface area contributed by atoms with Crippen molar-refractivity contribution in [3.05, 3.63) is 47.5 Å². The van der Waals surface area contributed by atoms with Gasteiger partial charge in [0.25, 0.3) is 6.08 Å². The zero-order valence-corrected chi connectivity index (χ0v) is 13.7. The summed E-state index contributed by atoms with van der Waals surface area (Å²) in [6, 6.07) is 8.70. The smallest absolute Gasteiger partial charge is 0.324 e. The highest BCUT2D eigenvalue weighted by atomic mass is 19.3. The molecule has 0 bridgehead atoms. The van der Waals surface area contributed by atoms with Crippen molar-refractivity contribution in [2.75, 3.05) is 13.2 Å². The van der Waals surface area contributed by atoms with Gasteiger partial charge in [-0.15, -0.1) is 0 Å². The van der Waals surface area contributed by atoms with Gasteiger partial charge in [0.1, 0.15) is 0 Å². The summed E-state index contributed by atoms with van der Waals surface area (Å²) in [5, 5.41) is 0. The molecule has 1 fully saturated rings. The fourth-order valence-corrected chi connectivity index (χ4v) is 3.22. The second kappa shape index (κ2) is 7.55. The average molecular weight is 338 g/mol. The van der Waals surface area contributed by atoms with E-state index in [0.29, 0.717) is 5.56 Å². The van der Waals surface area contributed by atoms with Gasteiger partial charge in [-0.3, -0.25) is 9.59 Å². The maximum Gasteiger partial charge on any atom is 0.324 e. The van der Waals surface area contributed by atoms with Gasteiger partial charge in [0, 0.05) is 12.3 Å². The van der Waals surface area contributed by atoms with Gasteiger partial charge < -0.3 is 9.47 Å². The molecule has 130 valence electrons. The highest BCUT2D eigenvalue weighted by molar-refractivity contribution is 6.02. The van der Waals surface area contributed by atoms with Gasteiger partial charge >= 0.3 is 11.9 Å². The van der Waals surface area contributed by atoms with Gasteiger partial charge in [0.05, 0.1) is 13.2 Å². The SMILES string of the molecule is CCOC(=O)C1(C(=O)OCC)CC(=C(F)F)CC1c1ccccc1. The molecule has 0 heterocycles. The molecule has 2 rings (SSSR count). The first kappa shape index (κ1) is 18.1. The summed E-state index contributed by atoms with van der Waals surface area (Å²) < 4.78 is 36.6. The number of carbonyl (C=O) groups is 2. The summed E-state index contributed by atoms with van der Waals surface area (Å²) in [4.78, 5) is 25.3. The average Bonchev–Trinajstić information content (AvgIpc) is 2.98. The molecule has 6 heteroatoms. The van der Waals surface area contributed by atoms with E-state index >= 15 is 0 Å². The first-order chi connectivity index (χ1) is 11.5. The van der Waals surface area contributed by atoms with E-state index in [1.807, 2.05) is 0 Å². The molecule has 1 unspecified atom stereocenters. The van der Waals surface area contributed by atoms with Crippen molar-refractivity contribution in [1.29, 1.82) is 0 Å². The molecule has 1 aromatic carbocycles. The predicted molar refractivity (Wildman–Crippen MR) is 83.4 cm³/mol. The number of hydrogen-bond donors (Lipinski definition) is 0. The van der Waals surface area contributed by atoms with Crippen LogP contribution in [0.25, 0.3) is 0 Å². The molecule has 1 aromatic rings. The quantitative estimate of drug-likeness (QED) is 0.605. The lowest BCUT2D eigenvalue weighted by Gasteiger charge is -2.30. The zero-order chi connectivity index (χ0) is 17.7. The van der Waals surface area contributed by atoms with Crippen LogP contribution in [0, 0.1) is 5.41 Å². The van der Waals surface area contributed by atoms with Crippen molar-refractivity contribution >= 4 is 11.9 Å². The second-order valence-corrected chi connectivity index (χ2v) is 5.62. The third-order valence-corrected chi connectivity index (χ3v) is 4.29. The Kier molecular flexibility index (Phi) is 5.70. The third-order valence-electron chi connectivity index (χ3n) is 4.29. The van der Waals surface area contributed by atoms with Crippen molar-refractivity contribution in [2.24, 2.45) is 5.41 Å². The third kappa shape index (κ3) is 3.18. The summed E-state index contributed by atoms with van der Waals surface area (Å²) in [6.45, 7) is 3.32. The summed E-state index contributed by atoms with van der Waals surface area (Å²) in [5.74, 6) is -2.37. The van der Waals surface area contributed by atoms with Crippen molar-refractivity contribution in [3.8, 4) is 0 Å². The number of ether oxygens (including phenoxy) is 2. The molecule has 1 saturated carbocycles. The molecule has 1 aliphatic carbocycles. The fourth-order valence-electron chi connectivity index (χ4n) is 3.22. The highest BCUT2D eigenvalue weighted by Gasteiger charge is 2.60. The van der Waals surface area contributed by atoms with Crippen LogP contribution in [0.3, 0.4) is 0 Å². The van der Waals surface area contributed by atoms with Crippen LogP contribution in [-0.4, -0.2) is 25.2 Å². The standard InChI is InChI=1S/C18H20F2O4/c1-3-23-16(21)18(17(22)24-4-2)11-13(15(19)20)10-14(18)12-8-6-5-7-9-12/h5-9,14H,3-4,10-11H2,1-2H3. The highest BCUT2D eigenvalue weighted by Crippen LogP contribution is 2.54. The summed E-state index contributed by atoms with van der Waals surface area (Å²) in [7, 11) is 0. The van der Waals surface area contributed by atoms with E-state index in [2.05, 4.69) is 0 Å². The van der Waals surface area contributed by atoms with Crippen LogP contribution in [0.1, 0.15) is 38.2 Å². The van der Waals surface area contributed by atoms with Crippen LogP contribution >= 0.6 is 0 Å². The van der Waals surface area contributed by atoms with Gasteiger partial charge in [-0.1, -0.05) is 30.3 Å². The number of allylic oxidation sites excluding steroid dienone is 1. The molecule has 1 aliphatic rings. The molecule has 0 aromatic heterocycles. The summed E-state index contributed by atoms with van der Waals surface area (Å²) in [5.41, 5.74) is -1.34. The second-order valence-electron chi connectivity index (χ2n) is 5.62. The normalized spacial score (nSPS) is 19.0. The van der Waals surface area contributed by atoms with E-state index in [-0.39, 0.29) is 31.6 Å². The van der Waals surface area contributed by atoms with E-state index in [0.717, 1.165) is 0 Å². The maximum atomic E-state index is 13.2. The lowest BCUT2D eigenvalue weighted by Crippen LogP contribution is -2.44. The van der Waals surface area contributed by atoms with Crippen LogP contribution in [0.4, 0.5) is 8.78 Å². The number of hydrogen-bond acceptors (Lipinski definition) is 4. The lowest BCUT2D eigenvalue weighted by atomic mass is 9.74. The van der Waals surface area contributed by atoms with E-state index in [4.69, 9.17) is 9.47 Å². The molecule has 0 N–H and O–H groups in total. The van der Waals surface area contributed by atoms with Crippen LogP contribution < -0.4 is 0 Å². The van der Waals surface area contributed by atoms with Crippen LogP contribution in [0.5, 0.6) is 0 Å². The molecule has 0 radical (unpaired) electrons. The van der Waals surface area contributed by atoms with E-state index in [1.165, 1.54) is 0 Å². The van der Waals surface area contributed by atoms with Crippen LogP contribution in [-0.2, 0) is 19.1 Å². The molecule has 0 aliphatic heterocycles. The van der Waals surface area contributed by atoms with Crippen LogP contribution in [0.2, 0.25) is 0 Å². The largest absolute Gasteiger partial charge is 0.465 e. The fraction of sp³-hybridized carbons (Fsp3) is 0.444. The van der Waals surface area contributed by atoms with Gasteiger partial charge in [-0.05, 0) is 31.4 Å². The zero-order valence-electron chi connectivity index (χ0n) is 13.7. The molecular weight excluding hydrogens is 318 g/mol. The number of esters is 2. The Hall–Kier alpha value is -2.24. The van der Waals surface area contributed by atoms with E-state index < -0.39 is 29.4 Å². The molecule has 1 atom stereocenters. The Balaban J connectivity index is 2.59. The van der Waals surface area contributed by atoms with Gasteiger partial charge in [0.15, 0.2) is 5.41 Å². The predicted octanol–water partition coefficient (Wildman–Crippen LogP) is 3.83. The molecule has 0 spiro atoms. The van der Waals surface area contributed by atoms with Crippen molar-refractivity contribution < 1.29 is 27.8 Å². The summed E-state index contributed by atoms with van der Waals surface area (Å²) >= 11 is 0. The Bertz CT molecular complexity index is 618. The molecule has 0 saturated heterocycles. The Labute approximate surface area is 139 Å². The van der Waals surface area contributed by atoms with Gasteiger partial charge in [0.2, 0.25) is 0 Å². The number of carbonyl (C=O) groups excluding carboxylic acids is 2. The first-order valence-electron chi connectivity index (χ1n) is 7.89. The molecule has 0 amide bonds. The molecular formula is C18H20F2O4. The lowest BCUT2D eigenvalue weighted by molar-refractivity contribution is -0.172. The Morgan fingerprint density at radius 2 is 1.62 bits per heavy atom. The minimum atomic E-state index is -1.86. The minimum Gasteiger partial charge on any atom is -0.465 e. The van der Waals surface area contributed by atoms with Crippen molar-refractivity contribution in [1.82, 2.24) is 0 Å². The van der Waals surface area contributed by atoms with E-state index in [1.54, 1.807) is 44.2 Å². The minimum absolute atomic E-state index is 0.0542. The van der Waals surface area contributed by atoms with Crippen molar-refractivity contribution in [2.45, 2.75) is 32.6 Å². The molecule has 4 nitrogen and oxygen atoms in total. The number of benzene rings is 1. The first-order valence-corrected chi connectivity index (χ1v) is 7.89.